The van der Waals surface area contributed by atoms with Crippen LogP contribution in [0.2, 0.25) is 5.02 Å². The molecule has 24 heavy (non-hydrogen) atoms. The maximum Gasteiger partial charge on any atom is 0.278 e. The molecule has 0 bridgehead atoms. The van der Waals surface area contributed by atoms with E-state index in [4.69, 9.17) is 11.6 Å². The molecule has 3 nitrogen and oxygen atoms in total. The molecule has 0 fully saturated rings. The van der Waals surface area contributed by atoms with Crippen LogP contribution in [0.3, 0.4) is 0 Å². The van der Waals surface area contributed by atoms with Crippen molar-refractivity contribution in [3.8, 4) is 11.1 Å². The minimum absolute atomic E-state index is 0.0474. The van der Waals surface area contributed by atoms with E-state index in [0.29, 0.717) is 10.6 Å². The smallest absolute Gasteiger partial charge is 0.258 e. The normalized spacial score (nSPS) is 10.8. The largest absolute Gasteiger partial charge is 0.278 e. The molecule has 0 aliphatic rings. The Balaban J connectivity index is 1.98. The molecule has 0 saturated carbocycles. The highest BCUT2D eigenvalue weighted by atomic mass is 35.5. The lowest BCUT2D eigenvalue weighted by Crippen LogP contribution is -1.92. The average Bonchev–Trinajstić information content (AvgIpc) is 2.58. The molecule has 0 aliphatic carbocycles. The van der Waals surface area contributed by atoms with Gasteiger partial charge in [0.05, 0.1) is 10.5 Å². The Morgan fingerprint density at radius 3 is 2.29 bits per heavy atom. The fraction of sp³-hybridized carbons (Fsp3) is 0.400. The second-order valence-electron chi connectivity index (χ2n) is 6.13. The summed E-state index contributed by atoms with van der Waals surface area (Å²) in [7, 11) is 0. The Bertz CT molecular complexity index is 668. The second-order valence-corrected chi connectivity index (χ2v) is 6.57. The maximum absolute atomic E-state index is 11.2. The van der Waals surface area contributed by atoms with Crippen molar-refractivity contribution >= 4 is 17.3 Å². The Labute approximate surface area is 148 Å². The first kappa shape index (κ1) is 18.5. The van der Waals surface area contributed by atoms with Gasteiger partial charge in [0.1, 0.15) is 0 Å². The van der Waals surface area contributed by atoms with Gasteiger partial charge in [-0.1, -0.05) is 74.9 Å². The number of hydrogen-bond donors (Lipinski definition) is 0. The number of halogens is 1. The third-order valence-corrected chi connectivity index (χ3v) is 4.48. The van der Waals surface area contributed by atoms with Gasteiger partial charge in [0, 0.05) is 11.1 Å². The van der Waals surface area contributed by atoms with Crippen LogP contribution in [0.5, 0.6) is 0 Å². The molecular formula is C20H24ClNO2. The van der Waals surface area contributed by atoms with E-state index in [1.165, 1.54) is 50.2 Å². The van der Waals surface area contributed by atoms with Crippen LogP contribution in [0.4, 0.5) is 5.69 Å². The molecule has 0 atom stereocenters. The highest BCUT2D eigenvalue weighted by molar-refractivity contribution is 6.30. The predicted molar refractivity (Wildman–Crippen MR) is 101 cm³/mol. The molecule has 0 saturated heterocycles. The van der Waals surface area contributed by atoms with Gasteiger partial charge >= 0.3 is 0 Å². The first-order valence-corrected chi connectivity index (χ1v) is 9.03. The molecule has 0 radical (unpaired) electrons. The van der Waals surface area contributed by atoms with Gasteiger partial charge in [-0.05, 0) is 36.1 Å². The maximum atomic E-state index is 11.2. The highest BCUT2D eigenvalue weighted by Gasteiger charge is 2.15. The van der Waals surface area contributed by atoms with Gasteiger partial charge in [0.15, 0.2) is 0 Å². The SMILES string of the molecule is CCCCCCCCc1ccc(-c2ccc(Cl)cc2[N+](=O)[O-])cc1. The summed E-state index contributed by atoms with van der Waals surface area (Å²) in [6.07, 6.45) is 8.77. The van der Waals surface area contributed by atoms with E-state index in [1.807, 2.05) is 12.1 Å². The topological polar surface area (TPSA) is 43.1 Å². The summed E-state index contributed by atoms with van der Waals surface area (Å²) in [6, 6.07) is 12.9. The van der Waals surface area contributed by atoms with Crippen LogP contribution in [0.15, 0.2) is 42.5 Å². The monoisotopic (exact) mass is 345 g/mol. The summed E-state index contributed by atoms with van der Waals surface area (Å²) in [5.41, 5.74) is 2.79. The van der Waals surface area contributed by atoms with Crippen LogP contribution >= 0.6 is 11.6 Å². The minimum Gasteiger partial charge on any atom is -0.258 e. The number of nitrogens with zero attached hydrogens (tertiary/aromatic N) is 1. The lowest BCUT2D eigenvalue weighted by Gasteiger charge is -2.06. The van der Waals surface area contributed by atoms with Crippen molar-refractivity contribution in [2.24, 2.45) is 0 Å². The highest BCUT2D eigenvalue weighted by Crippen LogP contribution is 2.32. The van der Waals surface area contributed by atoms with Crippen molar-refractivity contribution < 1.29 is 4.92 Å². The van der Waals surface area contributed by atoms with Crippen molar-refractivity contribution in [1.82, 2.24) is 0 Å². The van der Waals surface area contributed by atoms with E-state index < -0.39 is 0 Å². The van der Waals surface area contributed by atoms with Crippen molar-refractivity contribution in [2.45, 2.75) is 51.9 Å². The third kappa shape index (κ3) is 5.34. The standard InChI is InChI=1S/C20H24ClNO2/c1-2-3-4-5-6-7-8-16-9-11-17(12-10-16)19-14-13-18(21)15-20(19)22(23)24/h9-15H,2-8H2,1H3. The molecule has 0 unspecified atom stereocenters. The summed E-state index contributed by atoms with van der Waals surface area (Å²) in [4.78, 5) is 10.8. The minimum atomic E-state index is -0.384. The molecule has 0 aliphatic heterocycles. The Morgan fingerprint density at radius 2 is 1.62 bits per heavy atom. The number of rotatable bonds is 9. The zero-order valence-electron chi connectivity index (χ0n) is 14.1. The first-order chi connectivity index (χ1) is 11.6. The summed E-state index contributed by atoms with van der Waals surface area (Å²) >= 11 is 5.87. The van der Waals surface area contributed by atoms with Gasteiger partial charge in [-0.3, -0.25) is 10.1 Å². The Kier molecular flexibility index (Phi) is 7.26. The van der Waals surface area contributed by atoms with Crippen LogP contribution in [0.1, 0.15) is 51.0 Å². The first-order valence-electron chi connectivity index (χ1n) is 8.65. The summed E-state index contributed by atoms with van der Waals surface area (Å²) < 4.78 is 0. The van der Waals surface area contributed by atoms with E-state index in [0.717, 1.165) is 12.0 Å². The van der Waals surface area contributed by atoms with Gasteiger partial charge in [0.2, 0.25) is 0 Å². The number of nitro groups is 1. The zero-order chi connectivity index (χ0) is 17.4. The van der Waals surface area contributed by atoms with Crippen LogP contribution in [-0.2, 0) is 6.42 Å². The van der Waals surface area contributed by atoms with Gasteiger partial charge < -0.3 is 0 Å². The van der Waals surface area contributed by atoms with Gasteiger partial charge in [0.25, 0.3) is 5.69 Å². The molecule has 0 spiro atoms. The number of nitro benzene ring substituents is 1. The van der Waals surface area contributed by atoms with E-state index >= 15 is 0 Å². The molecule has 128 valence electrons. The molecule has 2 aromatic carbocycles. The van der Waals surface area contributed by atoms with Crippen molar-refractivity contribution in [1.29, 1.82) is 0 Å². The van der Waals surface area contributed by atoms with E-state index in [-0.39, 0.29) is 10.6 Å². The van der Waals surface area contributed by atoms with Crippen LogP contribution in [-0.4, -0.2) is 4.92 Å². The average molecular weight is 346 g/mol. The van der Waals surface area contributed by atoms with Gasteiger partial charge in [-0.15, -0.1) is 0 Å². The van der Waals surface area contributed by atoms with Crippen molar-refractivity contribution in [3.63, 3.8) is 0 Å². The summed E-state index contributed by atoms with van der Waals surface area (Å²) in [5.74, 6) is 0. The van der Waals surface area contributed by atoms with E-state index in [9.17, 15) is 10.1 Å². The fourth-order valence-corrected chi connectivity index (χ4v) is 3.03. The Hall–Kier alpha value is -1.87. The molecule has 4 heteroatoms. The van der Waals surface area contributed by atoms with Crippen LogP contribution in [0.25, 0.3) is 11.1 Å². The van der Waals surface area contributed by atoms with Crippen LogP contribution in [0, 0.1) is 10.1 Å². The molecule has 2 rings (SSSR count). The number of aryl methyl sites for hydroxylation is 1. The number of hydrogen-bond acceptors (Lipinski definition) is 2. The predicted octanol–water partition coefficient (Wildman–Crippen LogP) is 6.82. The molecule has 0 aromatic heterocycles. The van der Waals surface area contributed by atoms with Gasteiger partial charge in [-0.25, -0.2) is 0 Å². The molecule has 0 amide bonds. The van der Waals surface area contributed by atoms with Crippen molar-refractivity contribution in [2.75, 3.05) is 0 Å². The second kappa shape index (κ2) is 9.43. The number of benzene rings is 2. The summed E-state index contributed by atoms with van der Waals surface area (Å²) in [5, 5.41) is 11.6. The van der Waals surface area contributed by atoms with Crippen molar-refractivity contribution in [3.05, 3.63) is 63.2 Å². The fourth-order valence-electron chi connectivity index (χ4n) is 2.86. The molecule has 0 N–H and O–H groups in total. The number of unbranched alkanes of at least 4 members (excludes halogenated alkanes) is 5. The molecule has 0 heterocycles. The lowest BCUT2D eigenvalue weighted by molar-refractivity contribution is -0.384. The van der Waals surface area contributed by atoms with E-state index in [1.54, 1.807) is 12.1 Å². The van der Waals surface area contributed by atoms with Crippen LogP contribution < -0.4 is 0 Å². The lowest BCUT2D eigenvalue weighted by atomic mass is 10.00. The molecule has 2 aromatic rings. The van der Waals surface area contributed by atoms with Gasteiger partial charge in [-0.2, -0.15) is 0 Å². The quantitative estimate of drug-likeness (QED) is 0.284. The summed E-state index contributed by atoms with van der Waals surface area (Å²) in [6.45, 7) is 2.23. The third-order valence-electron chi connectivity index (χ3n) is 4.24. The zero-order valence-corrected chi connectivity index (χ0v) is 14.9. The molecular weight excluding hydrogens is 322 g/mol. The Morgan fingerprint density at radius 1 is 0.958 bits per heavy atom. The van der Waals surface area contributed by atoms with E-state index in [2.05, 4.69) is 19.1 Å².